The maximum absolute atomic E-state index is 13.0. The third-order valence-corrected chi connectivity index (χ3v) is 5.66. The molecule has 0 unspecified atom stereocenters. The Morgan fingerprint density at radius 2 is 1.68 bits per heavy atom. The molecule has 0 atom stereocenters. The van der Waals surface area contributed by atoms with Crippen LogP contribution in [0.4, 0.5) is 0 Å². The number of amides is 1. The van der Waals surface area contributed by atoms with Crippen molar-refractivity contribution >= 4 is 18.3 Å². The molecule has 2 aliphatic rings. The van der Waals surface area contributed by atoms with Gasteiger partial charge in [-0.1, -0.05) is 30.3 Å². The summed E-state index contributed by atoms with van der Waals surface area (Å²) in [7, 11) is 0. The maximum Gasteiger partial charge on any atom is 0.232 e. The lowest BCUT2D eigenvalue weighted by molar-refractivity contribution is -0.138. The highest BCUT2D eigenvalue weighted by Crippen LogP contribution is 2.26. The van der Waals surface area contributed by atoms with Crippen molar-refractivity contribution in [2.24, 2.45) is 5.92 Å². The van der Waals surface area contributed by atoms with Crippen LogP contribution < -0.4 is 5.32 Å². The largest absolute Gasteiger partial charge is 0.339 e. The number of rotatable bonds is 4. The van der Waals surface area contributed by atoms with E-state index in [2.05, 4.69) is 27.2 Å². The zero-order valence-corrected chi connectivity index (χ0v) is 16.4. The van der Waals surface area contributed by atoms with Crippen molar-refractivity contribution in [3.8, 4) is 0 Å². The number of carbonyl (C=O) groups excluding carboxylic acids is 1. The Balaban J connectivity index is 0.00000225. The SMILES string of the molecule is CC(C)(C(=O)N1CCN(CC2CCNCC2)CC1)c1ccccc1.Cl. The molecule has 0 aliphatic carbocycles. The van der Waals surface area contributed by atoms with Crippen LogP contribution in [0.25, 0.3) is 0 Å². The number of piperidine rings is 1. The van der Waals surface area contributed by atoms with Gasteiger partial charge < -0.3 is 10.2 Å². The van der Waals surface area contributed by atoms with Gasteiger partial charge in [0.2, 0.25) is 5.91 Å². The molecule has 140 valence electrons. The van der Waals surface area contributed by atoms with E-state index >= 15 is 0 Å². The van der Waals surface area contributed by atoms with Gasteiger partial charge in [0.15, 0.2) is 0 Å². The quantitative estimate of drug-likeness (QED) is 0.890. The van der Waals surface area contributed by atoms with E-state index in [1.807, 2.05) is 32.0 Å². The molecule has 3 rings (SSSR count). The molecule has 0 spiro atoms. The Morgan fingerprint density at radius 1 is 1.08 bits per heavy atom. The Hall–Kier alpha value is -1.10. The summed E-state index contributed by atoms with van der Waals surface area (Å²) >= 11 is 0. The molecular weight excluding hydrogens is 334 g/mol. The number of hydrogen-bond donors (Lipinski definition) is 1. The molecule has 5 heteroatoms. The highest BCUT2D eigenvalue weighted by Gasteiger charge is 2.35. The Labute approximate surface area is 158 Å². The molecule has 1 N–H and O–H groups in total. The van der Waals surface area contributed by atoms with Crippen molar-refractivity contribution in [2.45, 2.75) is 32.1 Å². The zero-order chi connectivity index (χ0) is 17.0. The van der Waals surface area contributed by atoms with E-state index < -0.39 is 5.41 Å². The van der Waals surface area contributed by atoms with E-state index in [1.54, 1.807) is 0 Å². The van der Waals surface area contributed by atoms with Crippen LogP contribution in [0.2, 0.25) is 0 Å². The fourth-order valence-electron chi connectivity index (χ4n) is 3.94. The van der Waals surface area contributed by atoms with E-state index in [-0.39, 0.29) is 18.3 Å². The first-order valence-electron chi connectivity index (χ1n) is 9.35. The Kier molecular flexibility index (Phi) is 7.29. The number of nitrogens with zero attached hydrogens (tertiary/aromatic N) is 2. The van der Waals surface area contributed by atoms with Gasteiger partial charge in [-0.2, -0.15) is 0 Å². The lowest BCUT2D eigenvalue weighted by Crippen LogP contribution is -2.54. The van der Waals surface area contributed by atoms with E-state index in [0.29, 0.717) is 0 Å². The fourth-order valence-corrected chi connectivity index (χ4v) is 3.94. The first-order valence-corrected chi connectivity index (χ1v) is 9.35. The van der Waals surface area contributed by atoms with E-state index in [4.69, 9.17) is 0 Å². The van der Waals surface area contributed by atoms with Gasteiger partial charge in [-0.3, -0.25) is 9.69 Å². The van der Waals surface area contributed by atoms with Crippen molar-refractivity contribution < 1.29 is 4.79 Å². The summed E-state index contributed by atoms with van der Waals surface area (Å²) in [5.41, 5.74) is 0.658. The number of carbonyl (C=O) groups is 1. The van der Waals surface area contributed by atoms with Crippen molar-refractivity contribution in [3.63, 3.8) is 0 Å². The van der Waals surface area contributed by atoms with Gasteiger partial charge in [0.05, 0.1) is 5.41 Å². The summed E-state index contributed by atoms with van der Waals surface area (Å²) in [5.74, 6) is 1.09. The molecule has 0 saturated carbocycles. The first kappa shape index (κ1) is 20.2. The molecule has 2 saturated heterocycles. The van der Waals surface area contributed by atoms with Gasteiger partial charge in [-0.15, -0.1) is 12.4 Å². The predicted octanol–water partition coefficient (Wildman–Crippen LogP) is 2.53. The van der Waals surface area contributed by atoms with Crippen molar-refractivity contribution in [3.05, 3.63) is 35.9 Å². The van der Waals surface area contributed by atoms with Gasteiger partial charge in [0, 0.05) is 32.7 Å². The molecule has 0 bridgehead atoms. The molecule has 1 aromatic rings. The molecule has 0 aromatic heterocycles. The molecule has 1 amide bonds. The number of piperazine rings is 1. The average molecular weight is 366 g/mol. The third kappa shape index (κ3) is 4.96. The fraction of sp³-hybridized carbons (Fsp3) is 0.650. The van der Waals surface area contributed by atoms with Crippen LogP contribution in [0.3, 0.4) is 0 Å². The smallest absolute Gasteiger partial charge is 0.232 e. The second-order valence-corrected chi connectivity index (χ2v) is 7.78. The standard InChI is InChI=1S/C20H31N3O.ClH/c1-20(2,18-6-4-3-5-7-18)19(24)23-14-12-22(13-15-23)16-17-8-10-21-11-9-17;/h3-7,17,21H,8-16H2,1-2H3;1H. The monoisotopic (exact) mass is 365 g/mol. The van der Waals surface area contributed by atoms with Gasteiger partial charge in [-0.05, 0) is 51.3 Å². The highest BCUT2D eigenvalue weighted by molar-refractivity contribution is 5.87. The van der Waals surface area contributed by atoms with E-state index in [9.17, 15) is 4.79 Å². The van der Waals surface area contributed by atoms with Crippen molar-refractivity contribution in [1.82, 2.24) is 15.1 Å². The second-order valence-electron chi connectivity index (χ2n) is 7.78. The normalized spacial score (nSPS) is 20.2. The van der Waals surface area contributed by atoms with Crippen LogP contribution in [0, 0.1) is 5.92 Å². The predicted molar refractivity (Wildman–Crippen MR) is 105 cm³/mol. The first-order chi connectivity index (χ1) is 11.6. The lowest BCUT2D eigenvalue weighted by atomic mass is 9.83. The molecule has 2 heterocycles. The number of nitrogens with one attached hydrogen (secondary N) is 1. The second kappa shape index (κ2) is 9.02. The Morgan fingerprint density at radius 3 is 2.28 bits per heavy atom. The molecule has 2 fully saturated rings. The summed E-state index contributed by atoms with van der Waals surface area (Å²) < 4.78 is 0. The van der Waals surface area contributed by atoms with Crippen LogP contribution >= 0.6 is 12.4 Å². The summed E-state index contributed by atoms with van der Waals surface area (Å²) in [6.07, 6.45) is 2.58. The van der Waals surface area contributed by atoms with Crippen LogP contribution in [-0.2, 0) is 10.2 Å². The molecule has 2 aliphatic heterocycles. The van der Waals surface area contributed by atoms with E-state index in [1.165, 1.54) is 19.4 Å². The average Bonchev–Trinajstić information content (AvgIpc) is 2.63. The summed E-state index contributed by atoms with van der Waals surface area (Å²) in [6.45, 7) is 11.4. The molecule has 0 radical (unpaired) electrons. The van der Waals surface area contributed by atoms with Crippen LogP contribution in [0.15, 0.2) is 30.3 Å². The Bertz CT molecular complexity index is 535. The van der Waals surface area contributed by atoms with Gasteiger partial charge in [0.25, 0.3) is 0 Å². The minimum Gasteiger partial charge on any atom is -0.339 e. The summed E-state index contributed by atoms with van der Waals surface area (Å²) in [6, 6.07) is 10.2. The minimum atomic E-state index is -0.446. The van der Waals surface area contributed by atoms with Gasteiger partial charge in [-0.25, -0.2) is 0 Å². The van der Waals surface area contributed by atoms with Crippen LogP contribution in [0.5, 0.6) is 0 Å². The molecule has 1 aromatic carbocycles. The topological polar surface area (TPSA) is 35.6 Å². The van der Waals surface area contributed by atoms with Crippen molar-refractivity contribution in [1.29, 1.82) is 0 Å². The van der Waals surface area contributed by atoms with Gasteiger partial charge in [0.1, 0.15) is 0 Å². The molecule has 25 heavy (non-hydrogen) atoms. The highest BCUT2D eigenvalue weighted by atomic mass is 35.5. The zero-order valence-electron chi connectivity index (χ0n) is 15.5. The number of benzene rings is 1. The minimum absolute atomic E-state index is 0. The van der Waals surface area contributed by atoms with Gasteiger partial charge >= 0.3 is 0 Å². The van der Waals surface area contributed by atoms with Crippen molar-refractivity contribution in [2.75, 3.05) is 45.8 Å². The third-order valence-electron chi connectivity index (χ3n) is 5.66. The lowest BCUT2D eigenvalue weighted by Gasteiger charge is -2.40. The number of hydrogen-bond acceptors (Lipinski definition) is 3. The van der Waals surface area contributed by atoms with E-state index in [0.717, 1.165) is 50.7 Å². The summed E-state index contributed by atoms with van der Waals surface area (Å²) in [4.78, 5) is 17.6. The van der Waals surface area contributed by atoms with Crippen LogP contribution in [0.1, 0.15) is 32.3 Å². The van der Waals surface area contributed by atoms with Crippen LogP contribution in [-0.4, -0.2) is 61.5 Å². The molecular formula is C20H32ClN3O. The number of halogens is 1. The summed E-state index contributed by atoms with van der Waals surface area (Å²) in [5, 5.41) is 3.43. The maximum atomic E-state index is 13.0. The molecule has 4 nitrogen and oxygen atoms in total.